The molecule has 0 spiro atoms. The Morgan fingerprint density at radius 1 is 1.44 bits per heavy atom. The summed E-state index contributed by atoms with van der Waals surface area (Å²) in [5.74, 6) is 0.262. The van der Waals surface area contributed by atoms with Gasteiger partial charge in [-0.2, -0.15) is 9.78 Å². The molecule has 0 saturated heterocycles. The number of amides is 1. The highest BCUT2D eigenvalue weighted by Gasteiger charge is 2.12. The van der Waals surface area contributed by atoms with Crippen LogP contribution in [0.4, 0.5) is 10.6 Å². The van der Waals surface area contributed by atoms with Crippen LogP contribution in [0.15, 0.2) is 30.5 Å². The lowest BCUT2D eigenvalue weighted by molar-refractivity contribution is 0.248. The summed E-state index contributed by atoms with van der Waals surface area (Å²) in [5, 5.41) is 3.84. The van der Waals surface area contributed by atoms with Gasteiger partial charge >= 0.3 is 6.03 Å². The van der Waals surface area contributed by atoms with Crippen molar-refractivity contribution < 1.29 is 4.79 Å². The van der Waals surface area contributed by atoms with Gasteiger partial charge in [0.2, 0.25) is 0 Å². The Kier molecular flexibility index (Phi) is 2.36. The number of nitrogen functional groups attached to an aromatic ring is 1. The Hall–Kier alpha value is -2.30. The standard InChI is InChI=1S/C11H12N4O/c1-7-3-2-4-8(5-7)9-6-14-15(10(9)12)11(13)16/h2-6H,12H2,1H3,(H2,13,16). The Labute approximate surface area is 92.7 Å². The van der Waals surface area contributed by atoms with Crippen molar-refractivity contribution in [2.75, 3.05) is 5.73 Å². The molecule has 0 aliphatic heterocycles. The molecule has 2 rings (SSSR count). The Morgan fingerprint density at radius 3 is 2.75 bits per heavy atom. The predicted molar refractivity (Wildman–Crippen MR) is 61.8 cm³/mol. The van der Waals surface area contributed by atoms with E-state index in [4.69, 9.17) is 11.5 Å². The van der Waals surface area contributed by atoms with Crippen LogP contribution in [-0.4, -0.2) is 15.8 Å². The number of hydrogen-bond donors (Lipinski definition) is 2. The van der Waals surface area contributed by atoms with Crippen LogP contribution >= 0.6 is 0 Å². The van der Waals surface area contributed by atoms with Gasteiger partial charge in [0, 0.05) is 5.56 Å². The molecular weight excluding hydrogens is 204 g/mol. The Balaban J connectivity index is 2.53. The molecule has 1 heterocycles. The van der Waals surface area contributed by atoms with Crippen molar-refractivity contribution in [2.45, 2.75) is 6.92 Å². The van der Waals surface area contributed by atoms with Gasteiger partial charge in [-0.15, -0.1) is 0 Å². The van der Waals surface area contributed by atoms with Crippen LogP contribution in [0.25, 0.3) is 11.1 Å². The normalized spacial score (nSPS) is 10.3. The quantitative estimate of drug-likeness (QED) is 0.754. The lowest BCUT2D eigenvalue weighted by Crippen LogP contribution is -2.22. The van der Waals surface area contributed by atoms with E-state index in [0.717, 1.165) is 15.8 Å². The lowest BCUT2D eigenvalue weighted by Gasteiger charge is -2.02. The first kappa shape index (κ1) is 10.2. The van der Waals surface area contributed by atoms with Crippen LogP contribution in [-0.2, 0) is 0 Å². The first-order valence-corrected chi connectivity index (χ1v) is 4.80. The molecule has 5 heteroatoms. The van der Waals surface area contributed by atoms with Gasteiger partial charge in [-0.25, -0.2) is 4.79 Å². The van der Waals surface area contributed by atoms with Gasteiger partial charge in [0.25, 0.3) is 0 Å². The molecule has 5 nitrogen and oxygen atoms in total. The number of aromatic nitrogens is 2. The first-order chi connectivity index (χ1) is 7.59. The highest BCUT2D eigenvalue weighted by Crippen LogP contribution is 2.25. The fraction of sp³-hybridized carbons (Fsp3) is 0.0909. The molecule has 0 bridgehead atoms. The number of hydrogen-bond acceptors (Lipinski definition) is 3. The monoisotopic (exact) mass is 216 g/mol. The van der Waals surface area contributed by atoms with Gasteiger partial charge in [0.05, 0.1) is 6.20 Å². The lowest BCUT2D eigenvalue weighted by atomic mass is 10.1. The average molecular weight is 216 g/mol. The van der Waals surface area contributed by atoms with Gasteiger partial charge in [-0.05, 0) is 12.5 Å². The zero-order valence-corrected chi connectivity index (χ0v) is 8.84. The molecule has 0 fully saturated rings. The van der Waals surface area contributed by atoms with Crippen molar-refractivity contribution in [3.8, 4) is 11.1 Å². The molecule has 82 valence electrons. The number of primary amides is 1. The first-order valence-electron chi connectivity index (χ1n) is 4.80. The van der Waals surface area contributed by atoms with E-state index in [1.54, 1.807) is 0 Å². The molecule has 2 aromatic rings. The van der Waals surface area contributed by atoms with Crippen LogP contribution in [0, 0.1) is 6.92 Å². The highest BCUT2D eigenvalue weighted by molar-refractivity contribution is 5.83. The molecule has 0 saturated carbocycles. The maximum atomic E-state index is 11.0. The van der Waals surface area contributed by atoms with Crippen molar-refractivity contribution in [2.24, 2.45) is 5.73 Å². The van der Waals surface area contributed by atoms with Gasteiger partial charge in [-0.1, -0.05) is 29.8 Å². The predicted octanol–water partition coefficient (Wildman–Crippen LogP) is 1.37. The zero-order chi connectivity index (χ0) is 11.7. The van der Waals surface area contributed by atoms with Crippen molar-refractivity contribution >= 4 is 11.8 Å². The number of carbonyl (C=O) groups excluding carboxylic acids is 1. The Morgan fingerprint density at radius 2 is 2.19 bits per heavy atom. The molecule has 16 heavy (non-hydrogen) atoms. The summed E-state index contributed by atoms with van der Waals surface area (Å²) in [4.78, 5) is 11.0. The second-order valence-corrected chi connectivity index (χ2v) is 3.56. The number of aryl methyl sites for hydroxylation is 1. The van der Waals surface area contributed by atoms with Crippen LogP contribution in [0.3, 0.4) is 0 Å². The minimum Gasteiger partial charge on any atom is -0.383 e. The number of nitrogens with zero attached hydrogens (tertiary/aromatic N) is 2. The van der Waals surface area contributed by atoms with E-state index in [2.05, 4.69) is 5.10 Å². The van der Waals surface area contributed by atoms with E-state index in [0.29, 0.717) is 5.56 Å². The van der Waals surface area contributed by atoms with Crippen molar-refractivity contribution in [3.05, 3.63) is 36.0 Å². The number of benzene rings is 1. The second-order valence-electron chi connectivity index (χ2n) is 3.56. The third kappa shape index (κ3) is 1.63. The van der Waals surface area contributed by atoms with E-state index >= 15 is 0 Å². The Bertz CT molecular complexity index is 545. The van der Waals surface area contributed by atoms with Gasteiger partial charge in [0.15, 0.2) is 0 Å². The fourth-order valence-electron chi connectivity index (χ4n) is 1.57. The second kappa shape index (κ2) is 3.69. The molecule has 0 radical (unpaired) electrons. The molecule has 0 atom stereocenters. The number of rotatable bonds is 1. The summed E-state index contributed by atoms with van der Waals surface area (Å²) in [7, 11) is 0. The summed E-state index contributed by atoms with van der Waals surface area (Å²) in [6, 6.07) is 7.10. The van der Waals surface area contributed by atoms with Crippen molar-refractivity contribution in [1.82, 2.24) is 9.78 Å². The summed E-state index contributed by atoms with van der Waals surface area (Å²) >= 11 is 0. The minimum atomic E-state index is -0.684. The summed E-state index contributed by atoms with van der Waals surface area (Å²) in [6.07, 6.45) is 1.54. The van der Waals surface area contributed by atoms with Crippen molar-refractivity contribution in [1.29, 1.82) is 0 Å². The van der Waals surface area contributed by atoms with E-state index in [-0.39, 0.29) is 5.82 Å². The molecule has 1 aromatic carbocycles. The molecule has 1 aromatic heterocycles. The number of nitrogens with two attached hydrogens (primary N) is 2. The molecule has 1 amide bonds. The largest absolute Gasteiger partial charge is 0.383 e. The summed E-state index contributed by atoms with van der Waals surface area (Å²) < 4.78 is 0.984. The number of carbonyl (C=O) groups is 1. The topological polar surface area (TPSA) is 86.9 Å². The van der Waals surface area contributed by atoms with Gasteiger partial charge in [0.1, 0.15) is 5.82 Å². The van der Waals surface area contributed by atoms with E-state index in [1.807, 2.05) is 31.2 Å². The number of anilines is 1. The van der Waals surface area contributed by atoms with E-state index in [9.17, 15) is 4.79 Å². The molecular formula is C11H12N4O. The fourth-order valence-corrected chi connectivity index (χ4v) is 1.57. The summed E-state index contributed by atoms with van der Waals surface area (Å²) in [6.45, 7) is 1.98. The molecule has 4 N–H and O–H groups in total. The van der Waals surface area contributed by atoms with E-state index < -0.39 is 6.03 Å². The van der Waals surface area contributed by atoms with Crippen LogP contribution in [0.1, 0.15) is 5.56 Å². The smallest absolute Gasteiger partial charge is 0.341 e. The van der Waals surface area contributed by atoms with Crippen molar-refractivity contribution in [3.63, 3.8) is 0 Å². The minimum absolute atomic E-state index is 0.262. The maximum Gasteiger partial charge on any atom is 0.341 e. The molecule has 0 unspecified atom stereocenters. The zero-order valence-electron chi connectivity index (χ0n) is 8.84. The molecule has 0 aliphatic rings. The van der Waals surface area contributed by atoms with Crippen LogP contribution in [0.5, 0.6) is 0 Å². The van der Waals surface area contributed by atoms with Gasteiger partial charge in [-0.3, -0.25) is 0 Å². The van der Waals surface area contributed by atoms with Gasteiger partial charge < -0.3 is 11.5 Å². The SMILES string of the molecule is Cc1cccc(-c2cnn(C(N)=O)c2N)c1. The van der Waals surface area contributed by atoms with E-state index in [1.165, 1.54) is 6.20 Å². The van der Waals surface area contributed by atoms with Crippen LogP contribution < -0.4 is 11.5 Å². The average Bonchev–Trinajstić information content (AvgIpc) is 2.60. The highest BCUT2D eigenvalue weighted by atomic mass is 16.2. The van der Waals surface area contributed by atoms with Crippen LogP contribution in [0.2, 0.25) is 0 Å². The third-order valence-electron chi connectivity index (χ3n) is 2.34. The third-order valence-corrected chi connectivity index (χ3v) is 2.34. The maximum absolute atomic E-state index is 11.0. The molecule has 0 aliphatic carbocycles. The summed E-state index contributed by atoms with van der Waals surface area (Å²) in [5.41, 5.74) is 13.6.